The van der Waals surface area contributed by atoms with E-state index in [1.165, 1.54) is 5.56 Å². The number of likely N-dealkylation sites (tertiary alicyclic amines) is 1. The first-order valence-electron chi connectivity index (χ1n) is 10.6. The highest BCUT2D eigenvalue weighted by Crippen LogP contribution is 2.44. The molecule has 3 atom stereocenters. The van der Waals surface area contributed by atoms with Crippen LogP contribution in [0.5, 0.6) is 0 Å². The molecule has 6 heteroatoms. The summed E-state index contributed by atoms with van der Waals surface area (Å²) in [5.74, 6) is 1.97. The Morgan fingerprint density at radius 1 is 1.03 bits per heavy atom. The number of piperidine rings is 1. The van der Waals surface area contributed by atoms with E-state index in [2.05, 4.69) is 73.6 Å². The van der Waals surface area contributed by atoms with Crippen molar-refractivity contribution < 1.29 is 4.79 Å². The second kappa shape index (κ2) is 9.13. The molecule has 3 aliphatic heterocycles. The van der Waals surface area contributed by atoms with E-state index in [0.29, 0.717) is 30.1 Å². The van der Waals surface area contributed by atoms with Crippen molar-refractivity contribution in [3.8, 4) is 0 Å². The largest absolute Gasteiger partial charge is 0.335 e. The van der Waals surface area contributed by atoms with Crippen molar-refractivity contribution in [1.29, 1.82) is 0 Å². The van der Waals surface area contributed by atoms with Gasteiger partial charge in [0.05, 0.1) is 6.04 Å². The summed E-state index contributed by atoms with van der Waals surface area (Å²) in [6, 6.07) is 10.9. The zero-order valence-electron chi connectivity index (χ0n) is 18.1. The van der Waals surface area contributed by atoms with Gasteiger partial charge in [-0.1, -0.05) is 30.3 Å². The van der Waals surface area contributed by atoms with Gasteiger partial charge in [0, 0.05) is 43.1 Å². The minimum atomic E-state index is 0. The molecule has 1 amide bonds. The van der Waals surface area contributed by atoms with Crippen LogP contribution in [0.2, 0.25) is 0 Å². The number of amides is 1. The Labute approximate surface area is 188 Å². The second-order valence-corrected chi connectivity index (χ2v) is 10.4. The van der Waals surface area contributed by atoms with Crippen molar-refractivity contribution in [2.75, 3.05) is 19.6 Å². The lowest BCUT2D eigenvalue weighted by Crippen LogP contribution is -2.58. The topological polar surface area (TPSA) is 44.4 Å². The van der Waals surface area contributed by atoms with Crippen LogP contribution < -0.4 is 10.6 Å². The normalized spacial score (nSPS) is 30.2. The molecule has 0 aliphatic carbocycles. The number of carbonyl (C=O) groups is 1. The number of hydrogen-bond donors (Lipinski definition) is 2. The third-order valence-corrected chi connectivity index (χ3v) is 6.76. The van der Waals surface area contributed by atoms with E-state index in [0.717, 1.165) is 32.5 Å². The standard InChI is InChI=1S/C23H35N3O.2ClH/c1-22(2)11-16(12-23(3,4)25-22)10-20(27)26-15-18-13-24-14-19(18)21(26)17-8-6-5-7-9-17;;/h5-9,16,18-19,21,24-25H,10-15H2,1-4H3;2*1H/t18-,19-,21+;;/m0../s1. The van der Waals surface area contributed by atoms with E-state index < -0.39 is 0 Å². The van der Waals surface area contributed by atoms with Gasteiger partial charge in [-0.05, 0) is 57.9 Å². The fourth-order valence-corrected chi connectivity index (χ4v) is 6.30. The Morgan fingerprint density at radius 3 is 2.28 bits per heavy atom. The number of carbonyl (C=O) groups excluding carboxylic acids is 1. The molecule has 0 unspecified atom stereocenters. The molecule has 29 heavy (non-hydrogen) atoms. The second-order valence-electron chi connectivity index (χ2n) is 10.4. The van der Waals surface area contributed by atoms with Crippen molar-refractivity contribution in [3.05, 3.63) is 35.9 Å². The van der Waals surface area contributed by atoms with Gasteiger partial charge in [0.25, 0.3) is 0 Å². The molecule has 1 aromatic rings. The number of nitrogens with zero attached hydrogens (tertiary/aromatic N) is 1. The highest BCUT2D eigenvalue weighted by Gasteiger charge is 2.47. The number of halogens is 2. The first-order chi connectivity index (χ1) is 12.7. The van der Waals surface area contributed by atoms with Crippen molar-refractivity contribution in [2.24, 2.45) is 17.8 Å². The lowest BCUT2D eigenvalue weighted by atomic mass is 9.74. The van der Waals surface area contributed by atoms with Crippen molar-refractivity contribution in [1.82, 2.24) is 15.5 Å². The molecule has 4 nitrogen and oxygen atoms in total. The van der Waals surface area contributed by atoms with E-state index in [4.69, 9.17) is 0 Å². The molecule has 1 aromatic carbocycles. The van der Waals surface area contributed by atoms with Gasteiger partial charge in [0.2, 0.25) is 5.91 Å². The number of fused-ring (bicyclic) bond motifs is 1. The Hall–Kier alpha value is -0.810. The number of hydrogen-bond acceptors (Lipinski definition) is 3. The van der Waals surface area contributed by atoms with E-state index >= 15 is 0 Å². The molecule has 4 rings (SSSR count). The summed E-state index contributed by atoms with van der Waals surface area (Å²) in [7, 11) is 0. The Kier molecular flexibility index (Phi) is 7.70. The number of nitrogens with one attached hydrogen (secondary N) is 2. The van der Waals surface area contributed by atoms with Gasteiger partial charge in [-0.3, -0.25) is 4.79 Å². The van der Waals surface area contributed by atoms with Crippen molar-refractivity contribution in [2.45, 2.75) is 64.1 Å². The van der Waals surface area contributed by atoms with Gasteiger partial charge in [0.1, 0.15) is 0 Å². The minimum absolute atomic E-state index is 0. The van der Waals surface area contributed by atoms with Crippen LogP contribution in [0.25, 0.3) is 0 Å². The van der Waals surface area contributed by atoms with Crippen molar-refractivity contribution >= 4 is 30.7 Å². The van der Waals surface area contributed by atoms with Crippen LogP contribution in [0.4, 0.5) is 0 Å². The molecule has 3 aliphatic rings. The van der Waals surface area contributed by atoms with Crippen LogP contribution in [0, 0.1) is 17.8 Å². The Balaban J connectivity index is 0.00000150. The lowest BCUT2D eigenvalue weighted by Gasteiger charge is -2.46. The maximum Gasteiger partial charge on any atom is 0.223 e. The molecule has 3 heterocycles. The Morgan fingerprint density at radius 2 is 1.66 bits per heavy atom. The molecule has 0 spiro atoms. The quantitative estimate of drug-likeness (QED) is 0.738. The first kappa shape index (κ1) is 24.5. The molecule has 3 fully saturated rings. The smallest absolute Gasteiger partial charge is 0.223 e. The van der Waals surface area contributed by atoms with Crippen LogP contribution in [-0.2, 0) is 4.79 Å². The molecule has 2 N–H and O–H groups in total. The fraction of sp³-hybridized carbons (Fsp3) is 0.696. The highest BCUT2D eigenvalue weighted by molar-refractivity contribution is 5.85. The number of benzene rings is 1. The molecule has 0 radical (unpaired) electrons. The fourth-order valence-electron chi connectivity index (χ4n) is 6.30. The van der Waals surface area contributed by atoms with Crippen LogP contribution in [0.15, 0.2) is 30.3 Å². The zero-order valence-corrected chi connectivity index (χ0v) is 19.7. The zero-order chi connectivity index (χ0) is 19.2. The average Bonchev–Trinajstić information content (AvgIpc) is 3.13. The molecular weight excluding hydrogens is 405 g/mol. The third kappa shape index (κ3) is 5.28. The summed E-state index contributed by atoms with van der Waals surface area (Å²) in [6.45, 7) is 12.1. The minimum Gasteiger partial charge on any atom is -0.335 e. The van der Waals surface area contributed by atoms with E-state index in [1.807, 2.05) is 0 Å². The van der Waals surface area contributed by atoms with Crippen molar-refractivity contribution in [3.63, 3.8) is 0 Å². The summed E-state index contributed by atoms with van der Waals surface area (Å²) in [6.07, 6.45) is 2.82. The van der Waals surface area contributed by atoms with Crippen LogP contribution in [0.1, 0.15) is 58.6 Å². The highest BCUT2D eigenvalue weighted by atomic mass is 35.5. The summed E-state index contributed by atoms with van der Waals surface area (Å²) in [5, 5.41) is 7.28. The predicted molar refractivity (Wildman–Crippen MR) is 124 cm³/mol. The summed E-state index contributed by atoms with van der Waals surface area (Å²) < 4.78 is 0. The van der Waals surface area contributed by atoms with Gasteiger partial charge in [-0.2, -0.15) is 0 Å². The van der Waals surface area contributed by atoms with E-state index in [9.17, 15) is 4.79 Å². The molecule has 164 valence electrons. The van der Waals surface area contributed by atoms with Crippen LogP contribution >= 0.6 is 24.8 Å². The summed E-state index contributed by atoms with van der Waals surface area (Å²) in [5.41, 5.74) is 1.49. The van der Waals surface area contributed by atoms with Gasteiger partial charge < -0.3 is 15.5 Å². The molecule has 0 aromatic heterocycles. The number of rotatable bonds is 3. The predicted octanol–water partition coefficient (Wildman–Crippen LogP) is 4.20. The average molecular weight is 442 g/mol. The summed E-state index contributed by atoms with van der Waals surface area (Å²) in [4.78, 5) is 15.7. The van der Waals surface area contributed by atoms with Gasteiger partial charge >= 0.3 is 0 Å². The summed E-state index contributed by atoms with van der Waals surface area (Å²) >= 11 is 0. The van der Waals surface area contributed by atoms with Crippen LogP contribution in [0.3, 0.4) is 0 Å². The molecular formula is C23H37Cl2N3O. The SMILES string of the molecule is CC1(C)CC(CC(=O)N2C[C@@H]3CNC[C@@H]3[C@H]2c2ccccc2)CC(C)(C)N1.Cl.Cl. The van der Waals surface area contributed by atoms with Gasteiger partial charge in [0.15, 0.2) is 0 Å². The van der Waals surface area contributed by atoms with E-state index in [1.54, 1.807) is 0 Å². The van der Waals surface area contributed by atoms with E-state index in [-0.39, 0.29) is 41.9 Å². The lowest BCUT2D eigenvalue weighted by molar-refractivity contribution is -0.134. The molecule has 0 saturated carbocycles. The molecule has 0 bridgehead atoms. The maximum atomic E-state index is 13.4. The molecule has 3 saturated heterocycles. The van der Waals surface area contributed by atoms with Crippen LogP contribution in [-0.4, -0.2) is 41.5 Å². The monoisotopic (exact) mass is 441 g/mol. The van der Waals surface area contributed by atoms with Gasteiger partial charge in [-0.25, -0.2) is 0 Å². The Bertz CT molecular complexity index is 679. The van der Waals surface area contributed by atoms with Gasteiger partial charge in [-0.15, -0.1) is 24.8 Å². The first-order valence-corrected chi connectivity index (χ1v) is 10.6. The maximum absolute atomic E-state index is 13.4. The third-order valence-electron chi connectivity index (χ3n) is 6.76.